The maximum atomic E-state index is 13.5. The molecule has 0 bridgehead atoms. The number of likely N-dealkylation sites (tertiary alicyclic amines) is 1. The van der Waals surface area contributed by atoms with Gasteiger partial charge in [-0.05, 0) is 57.5 Å². The molecule has 2 fully saturated rings. The lowest BCUT2D eigenvalue weighted by Gasteiger charge is -2.53. The van der Waals surface area contributed by atoms with Crippen molar-refractivity contribution in [1.82, 2.24) is 39.5 Å². The largest absolute Gasteiger partial charge is 0.474 e. The second kappa shape index (κ2) is 11.0. The zero-order valence-electron chi connectivity index (χ0n) is 23.5. The number of rotatable bonds is 8. The summed E-state index contributed by atoms with van der Waals surface area (Å²) in [4.78, 5) is 19.8. The van der Waals surface area contributed by atoms with Crippen LogP contribution in [-0.4, -0.2) is 78.8 Å². The van der Waals surface area contributed by atoms with Gasteiger partial charge in [-0.1, -0.05) is 0 Å². The van der Waals surface area contributed by atoms with Crippen molar-refractivity contribution in [1.29, 1.82) is 5.26 Å². The van der Waals surface area contributed by atoms with Gasteiger partial charge in [0.05, 0.1) is 24.4 Å². The Labute approximate surface area is 241 Å². The number of ether oxygens (including phenoxy) is 1. The van der Waals surface area contributed by atoms with Gasteiger partial charge in [0.2, 0.25) is 5.88 Å². The summed E-state index contributed by atoms with van der Waals surface area (Å²) in [5.74, 6) is 0.0252. The number of aromatic nitrogens is 6. The molecule has 6 rings (SSSR count). The van der Waals surface area contributed by atoms with E-state index in [-0.39, 0.29) is 12.0 Å². The van der Waals surface area contributed by atoms with Crippen LogP contribution in [0, 0.1) is 11.3 Å². The van der Waals surface area contributed by atoms with Crippen LogP contribution in [0.4, 0.5) is 13.2 Å². The molecule has 0 radical (unpaired) electrons. The molecule has 1 saturated heterocycles. The van der Waals surface area contributed by atoms with Gasteiger partial charge in [0, 0.05) is 55.1 Å². The second-order valence-corrected chi connectivity index (χ2v) is 11.6. The Bertz CT molecular complexity index is 1590. The summed E-state index contributed by atoms with van der Waals surface area (Å²) < 4.78 is 48.3. The molecule has 1 saturated carbocycles. The third kappa shape index (κ3) is 5.56. The second-order valence-electron chi connectivity index (χ2n) is 11.6. The topological polar surface area (TPSA) is 112 Å². The average Bonchev–Trinajstić information content (AvgIpc) is 3.60. The van der Waals surface area contributed by atoms with Crippen molar-refractivity contribution in [2.45, 2.75) is 62.5 Å². The lowest BCUT2D eigenvalue weighted by Crippen LogP contribution is -2.65. The molecule has 42 heavy (non-hydrogen) atoms. The van der Waals surface area contributed by atoms with Crippen LogP contribution in [0.15, 0.2) is 43.1 Å². The van der Waals surface area contributed by atoms with Gasteiger partial charge >= 0.3 is 6.18 Å². The van der Waals surface area contributed by atoms with E-state index in [4.69, 9.17) is 4.74 Å². The number of pyridine rings is 1. The van der Waals surface area contributed by atoms with Crippen LogP contribution >= 0.6 is 0 Å². The minimum absolute atomic E-state index is 0.0252. The normalized spacial score (nSPS) is 20.9. The summed E-state index contributed by atoms with van der Waals surface area (Å²) in [6.45, 7) is 1.76. The highest BCUT2D eigenvalue weighted by Crippen LogP contribution is 2.39. The molecule has 13 heteroatoms. The number of aromatic amines is 1. The van der Waals surface area contributed by atoms with Crippen LogP contribution in [0.25, 0.3) is 22.3 Å². The first-order valence-electron chi connectivity index (χ1n) is 14.0. The number of H-pyrrole nitrogens is 1. The maximum absolute atomic E-state index is 13.5. The number of halogens is 3. The summed E-state index contributed by atoms with van der Waals surface area (Å²) in [7, 11) is 3.61. The molecule has 1 N–H and O–H groups in total. The quantitative estimate of drug-likeness (QED) is 0.322. The molecular formula is C29H32F3N9O. The van der Waals surface area contributed by atoms with Gasteiger partial charge in [-0.25, -0.2) is 15.0 Å². The molecule has 4 aromatic rings. The molecule has 220 valence electrons. The Kier molecular flexibility index (Phi) is 7.36. The van der Waals surface area contributed by atoms with Gasteiger partial charge in [-0.2, -0.15) is 23.5 Å². The first-order valence-corrected chi connectivity index (χ1v) is 14.0. The zero-order chi connectivity index (χ0) is 29.5. The molecule has 0 spiro atoms. The van der Waals surface area contributed by atoms with Crippen molar-refractivity contribution in [2.24, 2.45) is 0 Å². The monoisotopic (exact) mass is 579 g/mol. The minimum atomic E-state index is -4.54. The highest BCUT2D eigenvalue weighted by atomic mass is 19.4. The number of alkyl halides is 3. The van der Waals surface area contributed by atoms with Gasteiger partial charge in [-0.3, -0.25) is 9.58 Å². The Balaban J connectivity index is 1.09. The number of nitrogens with one attached hydrogen (secondary N) is 1. The molecule has 1 aliphatic carbocycles. The Morgan fingerprint density at radius 2 is 1.95 bits per heavy atom. The number of nitrogens with zero attached hydrogens (tertiary/aromatic N) is 8. The number of hydrogen-bond acceptors (Lipinski definition) is 8. The first-order chi connectivity index (χ1) is 20.1. The highest BCUT2D eigenvalue weighted by Gasteiger charge is 2.48. The van der Waals surface area contributed by atoms with E-state index in [0.29, 0.717) is 37.7 Å². The van der Waals surface area contributed by atoms with E-state index in [1.54, 1.807) is 26.4 Å². The molecule has 0 atom stereocenters. The molecule has 10 nitrogen and oxygen atoms in total. The lowest BCUT2D eigenvalue weighted by atomic mass is 9.82. The van der Waals surface area contributed by atoms with Crippen molar-refractivity contribution in [3.63, 3.8) is 0 Å². The molecule has 1 aliphatic heterocycles. The fourth-order valence-corrected chi connectivity index (χ4v) is 6.18. The van der Waals surface area contributed by atoms with E-state index in [2.05, 4.69) is 36.0 Å². The van der Waals surface area contributed by atoms with Crippen LogP contribution in [0.2, 0.25) is 0 Å². The third-order valence-electron chi connectivity index (χ3n) is 8.20. The summed E-state index contributed by atoms with van der Waals surface area (Å²) >= 11 is 0. The van der Waals surface area contributed by atoms with E-state index in [0.717, 1.165) is 54.0 Å². The van der Waals surface area contributed by atoms with Crippen LogP contribution in [0.3, 0.4) is 0 Å². The maximum Gasteiger partial charge on any atom is 0.433 e. The molecule has 5 heterocycles. The van der Waals surface area contributed by atoms with Crippen molar-refractivity contribution in [3.8, 4) is 23.2 Å². The number of hydrogen-bond donors (Lipinski definition) is 1. The van der Waals surface area contributed by atoms with Crippen molar-refractivity contribution >= 4 is 11.0 Å². The smallest absolute Gasteiger partial charge is 0.433 e. The summed E-state index contributed by atoms with van der Waals surface area (Å²) in [6, 6.07) is 7.28. The fraction of sp³-hybridized carbons (Fsp3) is 0.483. The first kappa shape index (κ1) is 28.1. The van der Waals surface area contributed by atoms with Gasteiger partial charge < -0.3 is 14.6 Å². The van der Waals surface area contributed by atoms with Crippen LogP contribution in [0.5, 0.6) is 5.88 Å². The standard InChI is InChI=1S/C29H32F3N9O/c1-39(2)14-19-11-24(29(30,31)32)38-25(12-19)42-22-5-3-21(4-6-22)40-16-28(17-40,8-9-33)41-15-20(13-37-41)26-23-7-10-34-27(23)36-18-35-26/h7,10-13,15,18,21-22H,3-6,8,14,16-17H2,1-2H3,(H,34,35,36). The fourth-order valence-electron chi connectivity index (χ4n) is 6.18. The predicted octanol–water partition coefficient (Wildman–Crippen LogP) is 4.61. The lowest BCUT2D eigenvalue weighted by molar-refractivity contribution is -0.141. The van der Waals surface area contributed by atoms with Crippen molar-refractivity contribution in [3.05, 3.63) is 54.4 Å². The van der Waals surface area contributed by atoms with E-state index < -0.39 is 17.4 Å². The predicted molar refractivity (Wildman–Crippen MR) is 148 cm³/mol. The van der Waals surface area contributed by atoms with Crippen molar-refractivity contribution < 1.29 is 17.9 Å². The summed E-state index contributed by atoms with van der Waals surface area (Å²) in [5, 5.41) is 15.2. The van der Waals surface area contributed by atoms with Crippen molar-refractivity contribution in [2.75, 3.05) is 27.2 Å². The SMILES string of the molecule is CN(C)Cc1cc(OC2CCC(N3CC(CC#N)(n4cc(-c5ncnc6[nH]ccc56)cn4)C3)CC2)nc(C(F)(F)F)c1. The Morgan fingerprint density at radius 1 is 1.17 bits per heavy atom. The summed E-state index contributed by atoms with van der Waals surface area (Å²) in [5.41, 5.74) is 1.57. The van der Waals surface area contributed by atoms with Gasteiger partial charge in [0.1, 0.15) is 29.3 Å². The van der Waals surface area contributed by atoms with E-state index >= 15 is 0 Å². The minimum Gasteiger partial charge on any atom is -0.474 e. The summed E-state index contributed by atoms with van der Waals surface area (Å²) in [6.07, 6.45) is 5.85. The number of nitriles is 1. The van der Waals surface area contributed by atoms with Crippen LogP contribution < -0.4 is 4.74 Å². The molecule has 0 aromatic carbocycles. The zero-order valence-corrected chi connectivity index (χ0v) is 23.5. The molecule has 0 unspecified atom stereocenters. The molecular weight excluding hydrogens is 547 g/mol. The third-order valence-corrected chi connectivity index (χ3v) is 8.20. The van der Waals surface area contributed by atoms with E-state index in [1.165, 1.54) is 6.33 Å². The average molecular weight is 580 g/mol. The molecule has 0 amide bonds. The Morgan fingerprint density at radius 3 is 2.67 bits per heavy atom. The number of fused-ring (bicyclic) bond motifs is 1. The molecule has 2 aliphatic rings. The van der Waals surface area contributed by atoms with Crippen LogP contribution in [0.1, 0.15) is 43.4 Å². The van der Waals surface area contributed by atoms with E-state index in [9.17, 15) is 18.4 Å². The van der Waals surface area contributed by atoms with Gasteiger partial charge in [0.25, 0.3) is 0 Å². The van der Waals surface area contributed by atoms with E-state index in [1.807, 2.05) is 28.0 Å². The van der Waals surface area contributed by atoms with Gasteiger partial charge in [0.15, 0.2) is 0 Å². The Hall–Kier alpha value is -4.02. The molecule has 4 aromatic heterocycles. The highest BCUT2D eigenvalue weighted by molar-refractivity contribution is 5.90. The van der Waals surface area contributed by atoms with Crippen LogP contribution in [-0.2, 0) is 18.3 Å². The van der Waals surface area contributed by atoms with Gasteiger partial charge in [-0.15, -0.1) is 0 Å².